The van der Waals surface area contributed by atoms with Gasteiger partial charge in [-0.15, -0.1) is 0 Å². The Morgan fingerprint density at radius 1 is 0.932 bits per heavy atom. The normalized spacial score (nSPS) is 11.2. The van der Waals surface area contributed by atoms with Crippen LogP contribution in [-0.2, 0) is 30.8 Å². The largest absolute Gasteiger partial charge is 0.465 e. The molecule has 0 saturated heterocycles. The maximum Gasteiger partial charge on any atom is 0.411 e. The Kier molecular flexibility index (Phi) is 9.88. The van der Waals surface area contributed by atoms with E-state index in [9.17, 15) is 26.8 Å². The lowest BCUT2D eigenvalue weighted by Gasteiger charge is -2.26. The van der Waals surface area contributed by atoms with Crippen LogP contribution in [0.2, 0.25) is 0 Å². The molecule has 0 radical (unpaired) electrons. The number of carbonyl (C=O) groups excluding carboxylic acids is 2. The summed E-state index contributed by atoms with van der Waals surface area (Å²) >= 11 is 0. The van der Waals surface area contributed by atoms with Gasteiger partial charge in [0, 0.05) is 43.3 Å². The first-order valence-electron chi connectivity index (χ1n) is 13.2. The Labute approximate surface area is 251 Å². The molecule has 232 valence electrons. The van der Waals surface area contributed by atoms with Gasteiger partial charge in [-0.3, -0.25) is 14.5 Å². The number of amides is 1. The Bertz CT molecular complexity index is 1770. The lowest BCUT2D eigenvalue weighted by Crippen LogP contribution is -2.39. The molecular formula is C29H28F3N5O6S. The molecule has 2 heterocycles. The van der Waals surface area contributed by atoms with Crippen LogP contribution in [0.3, 0.4) is 0 Å². The van der Waals surface area contributed by atoms with Crippen molar-refractivity contribution < 1.29 is 40.7 Å². The first kappa shape index (κ1) is 32.0. The Morgan fingerprint density at radius 3 is 2.32 bits per heavy atom. The van der Waals surface area contributed by atoms with Crippen molar-refractivity contribution in [1.82, 2.24) is 19.7 Å². The second kappa shape index (κ2) is 13.6. The zero-order valence-corrected chi connectivity index (χ0v) is 24.7. The first-order chi connectivity index (χ1) is 21.0. The van der Waals surface area contributed by atoms with Crippen LogP contribution in [0, 0.1) is 17.5 Å². The van der Waals surface area contributed by atoms with Gasteiger partial charge >= 0.3 is 12.1 Å². The molecule has 0 fully saturated rings. The third kappa shape index (κ3) is 6.99. The van der Waals surface area contributed by atoms with Crippen molar-refractivity contribution in [3.8, 4) is 22.4 Å². The van der Waals surface area contributed by atoms with E-state index in [4.69, 9.17) is 9.47 Å². The number of carbonyl (C=O) groups is 2. The molecule has 4 rings (SSSR count). The summed E-state index contributed by atoms with van der Waals surface area (Å²) in [5.41, 5.74) is 0.968. The molecule has 0 aliphatic carbocycles. The Morgan fingerprint density at radius 2 is 1.64 bits per heavy atom. The molecule has 0 bridgehead atoms. The van der Waals surface area contributed by atoms with Gasteiger partial charge in [0.1, 0.15) is 34.6 Å². The number of likely N-dealkylation sites (N-methyl/N-ethyl adjacent to an activating group) is 1. The van der Waals surface area contributed by atoms with Crippen molar-refractivity contribution in [2.45, 2.75) is 25.3 Å². The van der Waals surface area contributed by atoms with Gasteiger partial charge in [0.05, 0.1) is 12.3 Å². The van der Waals surface area contributed by atoms with Crippen LogP contribution in [0.25, 0.3) is 22.4 Å². The number of rotatable bonds is 11. The van der Waals surface area contributed by atoms with E-state index in [1.165, 1.54) is 7.05 Å². The van der Waals surface area contributed by atoms with Gasteiger partial charge in [-0.05, 0) is 67.9 Å². The maximum atomic E-state index is 15.4. The summed E-state index contributed by atoms with van der Waals surface area (Å²) in [6, 6.07) is 8.43. The minimum atomic E-state index is -4.96. The summed E-state index contributed by atoms with van der Waals surface area (Å²) in [5.74, 6) is -3.81. The monoisotopic (exact) mass is 631 g/mol. The molecule has 15 heteroatoms. The van der Waals surface area contributed by atoms with Crippen LogP contribution in [0.15, 0.2) is 72.0 Å². The molecule has 44 heavy (non-hydrogen) atoms. The minimum Gasteiger partial charge on any atom is -0.465 e. The van der Waals surface area contributed by atoms with E-state index >= 15 is 4.39 Å². The lowest BCUT2D eigenvalue weighted by atomic mass is 10.0. The van der Waals surface area contributed by atoms with Gasteiger partial charge in [0.25, 0.3) is 10.0 Å². The number of pyridine rings is 1. The molecular weight excluding hydrogens is 603 g/mol. The van der Waals surface area contributed by atoms with E-state index in [1.54, 1.807) is 42.3 Å². The molecule has 0 unspecified atom stereocenters. The molecule has 0 atom stereocenters. The van der Waals surface area contributed by atoms with Crippen molar-refractivity contribution in [2.24, 2.45) is 0 Å². The van der Waals surface area contributed by atoms with Gasteiger partial charge in [-0.25, -0.2) is 30.7 Å². The standard InChI is InChI=1S/C29H28F3N5O6S/c1-4-36-16-23(19-10-12-33-13-11-19)28(34-36)22-15-21(7-9-24(22)31)37(18-43-29(39)35(3)17-27(38)42-5-2)44(40,41)26-14-20(30)6-8-25(26)32/h6-16H,4-5,17-18H2,1-3H3. The fourth-order valence-electron chi connectivity index (χ4n) is 4.14. The SMILES string of the molecule is CCOC(=O)CN(C)C(=O)OCN(c1ccc(F)c(-c2nn(CC)cc2-c2ccncc2)c1)S(=O)(=O)c1cc(F)ccc1F. The number of esters is 1. The summed E-state index contributed by atoms with van der Waals surface area (Å²) in [6.07, 6.45) is 3.66. The number of aryl methyl sites for hydroxylation is 1. The van der Waals surface area contributed by atoms with Crippen molar-refractivity contribution in [3.63, 3.8) is 0 Å². The number of benzene rings is 2. The number of nitrogens with zero attached hydrogens (tertiary/aromatic N) is 5. The van der Waals surface area contributed by atoms with E-state index in [1.807, 2.05) is 6.92 Å². The molecule has 0 aliphatic heterocycles. The first-order valence-corrected chi connectivity index (χ1v) is 14.7. The van der Waals surface area contributed by atoms with Gasteiger partial charge in [-0.2, -0.15) is 5.10 Å². The summed E-state index contributed by atoms with van der Waals surface area (Å²) < 4.78 is 83.7. The van der Waals surface area contributed by atoms with Crippen LogP contribution < -0.4 is 4.31 Å². The summed E-state index contributed by atoms with van der Waals surface area (Å²) in [7, 11) is -3.75. The molecule has 2 aromatic heterocycles. The molecule has 4 aromatic rings. The topological polar surface area (TPSA) is 124 Å². The fourth-order valence-corrected chi connectivity index (χ4v) is 5.54. The minimum absolute atomic E-state index is 0.0687. The van der Waals surface area contributed by atoms with Gasteiger partial charge in [-0.1, -0.05) is 0 Å². The van der Waals surface area contributed by atoms with E-state index in [0.717, 1.165) is 29.2 Å². The van der Waals surface area contributed by atoms with Crippen LogP contribution in [-0.4, -0.2) is 67.1 Å². The number of aromatic nitrogens is 3. The summed E-state index contributed by atoms with van der Waals surface area (Å²) in [4.78, 5) is 28.2. The second-order valence-electron chi connectivity index (χ2n) is 9.28. The maximum absolute atomic E-state index is 15.4. The third-order valence-electron chi connectivity index (χ3n) is 6.32. The van der Waals surface area contributed by atoms with Gasteiger partial charge < -0.3 is 14.4 Å². The lowest BCUT2D eigenvalue weighted by molar-refractivity contribution is -0.143. The Hall–Kier alpha value is -4.92. The summed E-state index contributed by atoms with van der Waals surface area (Å²) in [6.45, 7) is 2.36. The molecule has 0 aliphatic rings. The highest BCUT2D eigenvalue weighted by molar-refractivity contribution is 7.92. The number of hydrogen-bond acceptors (Lipinski definition) is 8. The molecule has 0 spiro atoms. The summed E-state index contributed by atoms with van der Waals surface area (Å²) in [5, 5.41) is 4.47. The van der Waals surface area contributed by atoms with Crippen LogP contribution in [0.4, 0.5) is 23.7 Å². The quantitative estimate of drug-likeness (QED) is 0.170. The van der Waals surface area contributed by atoms with E-state index in [-0.39, 0.29) is 23.6 Å². The zero-order valence-electron chi connectivity index (χ0n) is 23.9. The zero-order chi connectivity index (χ0) is 32.0. The van der Waals surface area contributed by atoms with Gasteiger partial charge in [0.15, 0.2) is 6.73 Å². The van der Waals surface area contributed by atoms with Crippen molar-refractivity contribution in [2.75, 3.05) is 31.2 Å². The van der Waals surface area contributed by atoms with Gasteiger partial charge in [0.2, 0.25) is 0 Å². The third-order valence-corrected chi connectivity index (χ3v) is 8.09. The predicted molar refractivity (Wildman–Crippen MR) is 153 cm³/mol. The highest BCUT2D eigenvalue weighted by atomic mass is 32.2. The molecule has 1 amide bonds. The van der Waals surface area contributed by atoms with E-state index in [0.29, 0.717) is 34.1 Å². The van der Waals surface area contributed by atoms with Crippen molar-refractivity contribution >= 4 is 27.8 Å². The number of halogens is 3. The number of anilines is 1. The highest BCUT2D eigenvalue weighted by Gasteiger charge is 2.31. The number of hydrogen-bond donors (Lipinski definition) is 0. The average molecular weight is 632 g/mol. The predicted octanol–water partition coefficient (Wildman–Crippen LogP) is 4.83. The molecule has 2 aromatic carbocycles. The van der Waals surface area contributed by atoms with E-state index < -0.39 is 57.7 Å². The number of ether oxygens (including phenoxy) is 2. The van der Waals surface area contributed by atoms with Crippen LogP contribution >= 0.6 is 0 Å². The molecule has 0 N–H and O–H groups in total. The highest BCUT2D eigenvalue weighted by Crippen LogP contribution is 2.36. The molecule has 11 nitrogen and oxygen atoms in total. The van der Waals surface area contributed by atoms with Crippen LogP contribution in [0.1, 0.15) is 13.8 Å². The van der Waals surface area contributed by atoms with Crippen molar-refractivity contribution in [1.29, 1.82) is 0 Å². The molecule has 0 saturated carbocycles. The second-order valence-corrected chi connectivity index (χ2v) is 11.1. The Balaban J connectivity index is 1.80. The van der Waals surface area contributed by atoms with E-state index in [2.05, 4.69) is 10.1 Å². The number of sulfonamides is 1. The average Bonchev–Trinajstić information content (AvgIpc) is 3.44. The fraction of sp³-hybridized carbons (Fsp3) is 0.241. The van der Waals surface area contributed by atoms with Crippen LogP contribution in [0.5, 0.6) is 0 Å². The smallest absolute Gasteiger partial charge is 0.411 e. The van der Waals surface area contributed by atoms with Crippen molar-refractivity contribution in [3.05, 3.63) is 84.6 Å².